The molecule has 0 bridgehead atoms. The molecule has 39 heavy (non-hydrogen) atoms. The number of nitrogens with zero attached hydrogens (tertiary/aromatic N) is 2. The zero-order chi connectivity index (χ0) is 28.4. The van der Waals surface area contributed by atoms with E-state index in [4.69, 9.17) is 16.3 Å². The molecule has 1 atom stereocenters. The Bertz CT molecular complexity index is 1280. The van der Waals surface area contributed by atoms with Crippen molar-refractivity contribution in [3.05, 3.63) is 70.9 Å². The van der Waals surface area contributed by atoms with E-state index in [2.05, 4.69) is 20.9 Å². The summed E-state index contributed by atoms with van der Waals surface area (Å²) in [7, 11) is 1.49. The number of benzene rings is 2. The van der Waals surface area contributed by atoms with E-state index in [1.165, 1.54) is 48.5 Å². The van der Waals surface area contributed by atoms with Crippen molar-refractivity contribution in [2.24, 2.45) is 0 Å². The molecule has 13 heteroatoms. The summed E-state index contributed by atoms with van der Waals surface area (Å²) in [4.78, 5) is 30.6. The minimum atomic E-state index is -2.49. The van der Waals surface area contributed by atoms with E-state index in [0.29, 0.717) is 29.2 Å². The fourth-order valence-electron chi connectivity index (χ4n) is 3.70. The standard InChI is InChI=1S/C26H28ClF4N5O3/c1-36(25(37)34-13-17-4-2-6-21(29)24(17)27)20(5-3-9-32-14-22(30)31)15-39-26(38)35-23-11-18-10-19(28)8-7-16(18)12-33-23/h2,4,6-8,10-12,20,22,32H,3,5,9,13-15H2,1H3,(H,34,37)(H,33,35,38)/t20-/m0/s1. The molecule has 0 saturated carbocycles. The lowest BCUT2D eigenvalue weighted by Crippen LogP contribution is -2.46. The average molecular weight is 570 g/mol. The molecule has 0 radical (unpaired) electrons. The third-order valence-corrected chi connectivity index (χ3v) is 6.26. The second-order valence-electron chi connectivity index (χ2n) is 8.66. The zero-order valence-electron chi connectivity index (χ0n) is 21.0. The van der Waals surface area contributed by atoms with Gasteiger partial charge >= 0.3 is 12.1 Å². The minimum Gasteiger partial charge on any atom is -0.447 e. The Labute approximate surface area is 227 Å². The molecule has 3 N–H and O–H groups in total. The predicted octanol–water partition coefficient (Wildman–Crippen LogP) is 5.56. The number of halogens is 5. The zero-order valence-corrected chi connectivity index (χ0v) is 21.8. The molecule has 0 aliphatic heterocycles. The van der Waals surface area contributed by atoms with Gasteiger partial charge in [0, 0.05) is 25.2 Å². The van der Waals surface area contributed by atoms with Crippen molar-refractivity contribution in [2.75, 3.05) is 32.1 Å². The van der Waals surface area contributed by atoms with E-state index in [-0.39, 0.29) is 30.5 Å². The summed E-state index contributed by atoms with van der Waals surface area (Å²) in [6.45, 7) is -0.457. The summed E-state index contributed by atoms with van der Waals surface area (Å²) in [6.07, 6.45) is -1.13. The van der Waals surface area contributed by atoms with Crippen molar-refractivity contribution in [3.8, 4) is 0 Å². The smallest absolute Gasteiger partial charge is 0.412 e. The van der Waals surface area contributed by atoms with Gasteiger partial charge in [-0.05, 0) is 60.7 Å². The Morgan fingerprint density at radius 3 is 2.69 bits per heavy atom. The van der Waals surface area contributed by atoms with E-state index in [9.17, 15) is 27.2 Å². The molecule has 2 aromatic carbocycles. The summed E-state index contributed by atoms with van der Waals surface area (Å²) in [5, 5.41) is 8.82. The number of urea groups is 1. The molecule has 210 valence electrons. The van der Waals surface area contributed by atoms with Crippen LogP contribution >= 0.6 is 11.6 Å². The summed E-state index contributed by atoms with van der Waals surface area (Å²) in [6, 6.07) is 8.73. The highest BCUT2D eigenvalue weighted by molar-refractivity contribution is 6.31. The van der Waals surface area contributed by atoms with Crippen LogP contribution in [0.2, 0.25) is 5.02 Å². The van der Waals surface area contributed by atoms with Gasteiger partial charge in [0.1, 0.15) is 24.1 Å². The van der Waals surface area contributed by atoms with Crippen molar-refractivity contribution >= 4 is 40.3 Å². The summed E-state index contributed by atoms with van der Waals surface area (Å²) < 4.78 is 57.3. The van der Waals surface area contributed by atoms with Crippen molar-refractivity contribution in [1.82, 2.24) is 20.5 Å². The minimum absolute atomic E-state index is 0.0436. The van der Waals surface area contributed by atoms with Crippen LogP contribution in [0.5, 0.6) is 0 Å². The molecule has 0 fully saturated rings. The number of amides is 3. The first-order valence-electron chi connectivity index (χ1n) is 12.1. The quantitative estimate of drug-likeness (QED) is 0.196. The van der Waals surface area contributed by atoms with E-state index in [0.717, 1.165) is 0 Å². The molecular formula is C26H28ClF4N5O3. The van der Waals surface area contributed by atoms with Crippen molar-refractivity contribution in [1.29, 1.82) is 0 Å². The van der Waals surface area contributed by atoms with Crippen LogP contribution in [0.25, 0.3) is 10.8 Å². The SMILES string of the molecule is CN(C(=O)NCc1cccc(F)c1Cl)[C@@H](CCCNCC(F)F)COC(=O)Nc1cc2cc(F)ccc2cn1. The Kier molecular flexibility index (Phi) is 11.1. The van der Waals surface area contributed by atoms with Crippen molar-refractivity contribution in [2.45, 2.75) is 31.9 Å². The monoisotopic (exact) mass is 569 g/mol. The number of ether oxygens (including phenoxy) is 1. The van der Waals surface area contributed by atoms with E-state index < -0.39 is 42.8 Å². The van der Waals surface area contributed by atoms with Crippen LogP contribution < -0.4 is 16.0 Å². The van der Waals surface area contributed by atoms with Crippen LogP contribution in [-0.2, 0) is 11.3 Å². The third kappa shape index (κ3) is 9.25. The summed E-state index contributed by atoms with van der Waals surface area (Å²) in [5.41, 5.74) is 0.379. The van der Waals surface area contributed by atoms with Gasteiger partial charge in [0.25, 0.3) is 6.43 Å². The molecule has 0 spiro atoms. The van der Waals surface area contributed by atoms with Crippen LogP contribution in [0.4, 0.5) is 33.0 Å². The largest absolute Gasteiger partial charge is 0.447 e. The molecule has 3 amide bonds. The number of likely N-dealkylation sites (N-methyl/N-ethyl adjacent to an activating group) is 1. The molecule has 1 aromatic heterocycles. The van der Waals surface area contributed by atoms with E-state index in [1.807, 2.05) is 0 Å². The molecule has 0 saturated heterocycles. The fourth-order valence-corrected chi connectivity index (χ4v) is 3.89. The van der Waals surface area contributed by atoms with Gasteiger partial charge in [-0.15, -0.1) is 0 Å². The molecule has 3 rings (SSSR count). The van der Waals surface area contributed by atoms with Crippen molar-refractivity contribution < 1.29 is 31.9 Å². The number of anilines is 1. The molecule has 8 nitrogen and oxygen atoms in total. The number of aromatic nitrogens is 1. The van der Waals surface area contributed by atoms with Crippen LogP contribution in [0.1, 0.15) is 18.4 Å². The number of carbonyl (C=O) groups is 2. The van der Waals surface area contributed by atoms with Crippen LogP contribution in [-0.4, -0.2) is 61.2 Å². The molecule has 0 aliphatic carbocycles. The number of alkyl halides is 2. The number of hydrogen-bond donors (Lipinski definition) is 3. The predicted molar refractivity (Wildman–Crippen MR) is 140 cm³/mol. The number of fused-ring (bicyclic) bond motifs is 1. The van der Waals surface area contributed by atoms with Gasteiger partial charge in [0.05, 0.1) is 17.6 Å². The molecular weight excluding hydrogens is 542 g/mol. The molecule has 0 aliphatic rings. The average Bonchev–Trinajstić information content (AvgIpc) is 2.90. The lowest BCUT2D eigenvalue weighted by Gasteiger charge is -2.28. The van der Waals surface area contributed by atoms with Gasteiger partial charge in [-0.25, -0.2) is 32.1 Å². The van der Waals surface area contributed by atoms with Gasteiger partial charge in [0.2, 0.25) is 0 Å². The van der Waals surface area contributed by atoms with E-state index in [1.54, 1.807) is 12.1 Å². The maximum Gasteiger partial charge on any atom is 0.412 e. The first kappa shape index (κ1) is 29.9. The Morgan fingerprint density at radius 2 is 1.92 bits per heavy atom. The lowest BCUT2D eigenvalue weighted by molar-refractivity contribution is 0.112. The maximum atomic E-state index is 13.7. The van der Waals surface area contributed by atoms with Gasteiger partial charge in [0.15, 0.2) is 0 Å². The number of nitrogens with one attached hydrogen (secondary N) is 3. The van der Waals surface area contributed by atoms with Gasteiger partial charge in [-0.3, -0.25) is 5.32 Å². The van der Waals surface area contributed by atoms with Gasteiger partial charge < -0.3 is 20.3 Å². The number of hydrogen-bond acceptors (Lipinski definition) is 5. The molecule has 1 heterocycles. The van der Waals surface area contributed by atoms with Crippen LogP contribution in [0, 0.1) is 11.6 Å². The van der Waals surface area contributed by atoms with E-state index >= 15 is 0 Å². The van der Waals surface area contributed by atoms with Crippen LogP contribution in [0.3, 0.4) is 0 Å². The molecule has 3 aromatic rings. The fraction of sp³-hybridized carbons (Fsp3) is 0.346. The highest BCUT2D eigenvalue weighted by Crippen LogP contribution is 2.20. The normalized spacial score (nSPS) is 11.9. The molecule has 0 unspecified atom stereocenters. The first-order valence-corrected chi connectivity index (χ1v) is 12.4. The summed E-state index contributed by atoms with van der Waals surface area (Å²) >= 11 is 5.94. The highest BCUT2D eigenvalue weighted by Gasteiger charge is 2.22. The second-order valence-corrected chi connectivity index (χ2v) is 9.04. The highest BCUT2D eigenvalue weighted by atomic mass is 35.5. The summed E-state index contributed by atoms with van der Waals surface area (Å²) in [5.74, 6) is -0.908. The Hall–Kier alpha value is -3.64. The first-order chi connectivity index (χ1) is 18.6. The Morgan fingerprint density at radius 1 is 1.13 bits per heavy atom. The lowest BCUT2D eigenvalue weighted by atomic mass is 10.1. The maximum absolute atomic E-state index is 13.7. The van der Waals surface area contributed by atoms with Crippen LogP contribution in [0.15, 0.2) is 48.7 Å². The second kappa shape index (κ2) is 14.5. The van der Waals surface area contributed by atoms with Gasteiger partial charge in [-0.1, -0.05) is 23.7 Å². The third-order valence-electron chi connectivity index (χ3n) is 5.84. The number of rotatable bonds is 12. The van der Waals surface area contributed by atoms with Crippen molar-refractivity contribution in [3.63, 3.8) is 0 Å². The van der Waals surface area contributed by atoms with Gasteiger partial charge in [-0.2, -0.15) is 0 Å². The Balaban J connectivity index is 1.59. The topological polar surface area (TPSA) is 95.6 Å². The number of pyridine rings is 1. The number of carbonyl (C=O) groups excluding carboxylic acids is 2.